The minimum Gasteiger partial charge on any atom is -0.339 e. The molecule has 0 aliphatic carbocycles. The number of nitrogens with zero attached hydrogens (tertiary/aromatic N) is 4. The molecule has 2 heterocycles. The number of imide groups is 1. The molecular formula is C24H23N5O4. The van der Waals surface area contributed by atoms with Crippen LogP contribution in [0.4, 0.5) is 5.82 Å². The van der Waals surface area contributed by atoms with Gasteiger partial charge in [0.1, 0.15) is 17.9 Å². The summed E-state index contributed by atoms with van der Waals surface area (Å²) in [5.74, 6) is -1.77. The number of rotatable bonds is 7. The molecule has 1 aromatic heterocycles. The van der Waals surface area contributed by atoms with Gasteiger partial charge >= 0.3 is 0 Å². The summed E-state index contributed by atoms with van der Waals surface area (Å²) in [6.07, 6.45) is 1.41. The highest BCUT2D eigenvalue weighted by Crippen LogP contribution is 2.24. The van der Waals surface area contributed by atoms with Crippen LogP contribution in [0.25, 0.3) is 5.69 Å². The summed E-state index contributed by atoms with van der Waals surface area (Å²) >= 11 is 0. The largest absolute Gasteiger partial charge is 0.339 e. The Balaban J connectivity index is 1.63. The maximum Gasteiger partial charge on any atom is 0.262 e. The van der Waals surface area contributed by atoms with Gasteiger partial charge in [-0.25, -0.2) is 4.68 Å². The monoisotopic (exact) mass is 445 g/mol. The first-order chi connectivity index (χ1) is 16.0. The number of carbonyl (C=O) groups is 4. The predicted octanol–water partition coefficient (Wildman–Crippen LogP) is 2.59. The maximum atomic E-state index is 13.1. The van der Waals surface area contributed by atoms with Gasteiger partial charge in [0.15, 0.2) is 0 Å². The van der Waals surface area contributed by atoms with Crippen molar-refractivity contribution in [2.45, 2.75) is 13.8 Å². The first kappa shape index (κ1) is 21.9. The second-order valence-corrected chi connectivity index (χ2v) is 7.42. The number of hydrogen-bond acceptors (Lipinski definition) is 5. The molecular weight excluding hydrogens is 422 g/mol. The Hall–Kier alpha value is -4.27. The van der Waals surface area contributed by atoms with Crippen LogP contribution in [0.1, 0.15) is 44.9 Å². The lowest BCUT2D eigenvalue weighted by Gasteiger charge is -2.19. The number of anilines is 1. The van der Waals surface area contributed by atoms with Crippen molar-refractivity contribution in [1.29, 1.82) is 0 Å². The summed E-state index contributed by atoms with van der Waals surface area (Å²) in [5, 5.41) is 7.02. The molecule has 3 aromatic rings. The summed E-state index contributed by atoms with van der Waals surface area (Å²) in [6.45, 7) is 4.24. The van der Waals surface area contributed by atoms with Gasteiger partial charge in [0.2, 0.25) is 5.91 Å². The van der Waals surface area contributed by atoms with Crippen LogP contribution >= 0.6 is 0 Å². The van der Waals surface area contributed by atoms with Gasteiger partial charge in [0.05, 0.1) is 23.0 Å². The van der Waals surface area contributed by atoms with Crippen molar-refractivity contribution >= 4 is 29.4 Å². The van der Waals surface area contributed by atoms with E-state index in [1.165, 1.54) is 10.9 Å². The van der Waals surface area contributed by atoms with E-state index in [1.54, 1.807) is 41.3 Å². The summed E-state index contributed by atoms with van der Waals surface area (Å²) in [7, 11) is 0. The molecule has 33 heavy (non-hydrogen) atoms. The molecule has 0 atom stereocenters. The highest BCUT2D eigenvalue weighted by molar-refractivity contribution is 6.22. The van der Waals surface area contributed by atoms with Gasteiger partial charge in [-0.05, 0) is 38.1 Å². The van der Waals surface area contributed by atoms with E-state index in [1.807, 2.05) is 32.0 Å². The van der Waals surface area contributed by atoms with Crippen LogP contribution in [-0.2, 0) is 4.79 Å². The molecule has 4 amide bonds. The molecule has 0 fully saturated rings. The molecule has 1 aliphatic rings. The molecule has 9 nitrogen and oxygen atoms in total. The molecule has 0 unspecified atom stereocenters. The van der Waals surface area contributed by atoms with Gasteiger partial charge in [-0.15, -0.1) is 0 Å². The topological polar surface area (TPSA) is 105 Å². The van der Waals surface area contributed by atoms with Crippen LogP contribution in [0.5, 0.6) is 0 Å². The Morgan fingerprint density at radius 1 is 0.909 bits per heavy atom. The van der Waals surface area contributed by atoms with E-state index >= 15 is 0 Å². The van der Waals surface area contributed by atoms with E-state index in [0.717, 1.165) is 4.90 Å². The van der Waals surface area contributed by atoms with E-state index in [0.29, 0.717) is 18.8 Å². The quantitative estimate of drug-likeness (QED) is 0.563. The number of aromatic nitrogens is 2. The van der Waals surface area contributed by atoms with Crippen molar-refractivity contribution < 1.29 is 19.2 Å². The number of benzene rings is 2. The molecule has 0 spiro atoms. The molecule has 0 saturated heterocycles. The Bertz CT molecular complexity index is 1200. The van der Waals surface area contributed by atoms with E-state index in [2.05, 4.69) is 10.4 Å². The van der Waals surface area contributed by atoms with Crippen LogP contribution < -0.4 is 5.32 Å². The second kappa shape index (κ2) is 9.07. The lowest BCUT2D eigenvalue weighted by molar-refractivity contribution is -0.116. The zero-order valence-corrected chi connectivity index (χ0v) is 18.3. The zero-order valence-electron chi connectivity index (χ0n) is 18.3. The maximum absolute atomic E-state index is 13.1. The van der Waals surface area contributed by atoms with Crippen molar-refractivity contribution in [1.82, 2.24) is 19.6 Å². The van der Waals surface area contributed by atoms with Gasteiger partial charge in [-0.3, -0.25) is 24.1 Å². The summed E-state index contributed by atoms with van der Waals surface area (Å²) < 4.78 is 1.46. The Morgan fingerprint density at radius 2 is 1.48 bits per heavy atom. The van der Waals surface area contributed by atoms with Crippen LogP contribution in [0, 0.1) is 0 Å². The van der Waals surface area contributed by atoms with Gasteiger partial charge in [0, 0.05) is 13.1 Å². The lowest BCUT2D eigenvalue weighted by Crippen LogP contribution is -2.38. The number of hydrogen-bond donors (Lipinski definition) is 1. The average molecular weight is 445 g/mol. The Kier molecular flexibility index (Phi) is 6.03. The molecule has 168 valence electrons. The minimum atomic E-state index is -0.615. The molecule has 0 bridgehead atoms. The van der Waals surface area contributed by atoms with Gasteiger partial charge < -0.3 is 10.2 Å². The number of para-hydroxylation sites is 1. The molecule has 2 aromatic carbocycles. The highest BCUT2D eigenvalue weighted by atomic mass is 16.2. The molecule has 0 saturated carbocycles. The van der Waals surface area contributed by atoms with E-state index < -0.39 is 24.3 Å². The predicted molar refractivity (Wildman–Crippen MR) is 121 cm³/mol. The fourth-order valence-corrected chi connectivity index (χ4v) is 3.77. The molecule has 0 radical (unpaired) electrons. The van der Waals surface area contributed by atoms with Gasteiger partial charge in [0.25, 0.3) is 17.7 Å². The summed E-state index contributed by atoms with van der Waals surface area (Å²) in [5.41, 5.74) is 1.40. The third kappa shape index (κ3) is 4.00. The van der Waals surface area contributed by atoms with Gasteiger partial charge in [-0.1, -0.05) is 30.3 Å². The van der Waals surface area contributed by atoms with Crippen molar-refractivity contribution in [3.63, 3.8) is 0 Å². The lowest BCUT2D eigenvalue weighted by atomic mass is 10.1. The second-order valence-electron chi connectivity index (χ2n) is 7.42. The van der Waals surface area contributed by atoms with E-state index in [-0.39, 0.29) is 28.4 Å². The average Bonchev–Trinajstić information content (AvgIpc) is 3.35. The third-order valence-electron chi connectivity index (χ3n) is 5.49. The van der Waals surface area contributed by atoms with Crippen molar-refractivity contribution in [2.75, 3.05) is 25.0 Å². The van der Waals surface area contributed by atoms with E-state index in [4.69, 9.17) is 0 Å². The first-order valence-corrected chi connectivity index (χ1v) is 10.6. The SMILES string of the molecule is CCN(CC)C(=O)c1cnn(-c2ccccc2)c1NC(=O)CN1C(=O)c2ccccc2C1=O. The number of fused-ring (bicyclic) bond motifs is 1. The first-order valence-electron chi connectivity index (χ1n) is 10.6. The minimum absolute atomic E-state index is 0.180. The molecule has 9 heteroatoms. The molecule has 4 rings (SSSR count). The number of nitrogens with one attached hydrogen (secondary N) is 1. The Labute approximate surface area is 190 Å². The van der Waals surface area contributed by atoms with Crippen molar-refractivity contribution in [2.24, 2.45) is 0 Å². The van der Waals surface area contributed by atoms with Crippen molar-refractivity contribution in [3.05, 3.63) is 77.5 Å². The summed E-state index contributed by atoms with van der Waals surface area (Å²) in [4.78, 5) is 53.8. The van der Waals surface area contributed by atoms with Crippen LogP contribution in [0.3, 0.4) is 0 Å². The standard InChI is InChI=1S/C24H23N5O4/c1-3-27(4-2)22(31)19-14-25-29(16-10-6-5-7-11-16)21(19)26-20(30)15-28-23(32)17-12-8-9-13-18(17)24(28)33/h5-14H,3-4,15H2,1-2H3,(H,26,30). The summed E-state index contributed by atoms with van der Waals surface area (Å²) in [6, 6.07) is 15.5. The number of amides is 4. The normalized spacial score (nSPS) is 12.6. The van der Waals surface area contributed by atoms with Crippen molar-refractivity contribution in [3.8, 4) is 5.69 Å². The molecule has 1 aliphatic heterocycles. The molecule has 1 N–H and O–H groups in total. The fourth-order valence-electron chi connectivity index (χ4n) is 3.77. The van der Waals surface area contributed by atoms with Crippen LogP contribution in [0.2, 0.25) is 0 Å². The zero-order chi connectivity index (χ0) is 23.5. The highest BCUT2D eigenvalue weighted by Gasteiger charge is 2.36. The Morgan fingerprint density at radius 3 is 2.06 bits per heavy atom. The van der Waals surface area contributed by atoms with Crippen LogP contribution in [0.15, 0.2) is 60.8 Å². The van der Waals surface area contributed by atoms with E-state index in [9.17, 15) is 19.2 Å². The smallest absolute Gasteiger partial charge is 0.262 e. The third-order valence-corrected chi connectivity index (χ3v) is 5.49. The van der Waals surface area contributed by atoms with Crippen LogP contribution in [-0.4, -0.2) is 62.8 Å². The number of carbonyl (C=O) groups excluding carboxylic acids is 4. The van der Waals surface area contributed by atoms with Gasteiger partial charge in [-0.2, -0.15) is 5.10 Å². The fraction of sp³-hybridized carbons (Fsp3) is 0.208.